The Balaban J connectivity index is 0. The monoisotopic (exact) mass is 181 g/mol. The second-order valence-electron chi connectivity index (χ2n) is 1.65. The fourth-order valence-electron chi connectivity index (χ4n) is 0.683. The normalized spacial score (nSPS) is 10.4. The first kappa shape index (κ1) is 13.6. The van der Waals surface area contributed by atoms with Gasteiger partial charge in [0.05, 0.1) is 0 Å². The first-order valence-electron chi connectivity index (χ1n) is 3.48. The molecule has 4 nitrogen and oxygen atoms in total. The lowest BCUT2D eigenvalue weighted by Gasteiger charge is -2.22. The summed E-state index contributed by atoms with van der Waals surface area (Å²) in [6, 6.07) is 0.816. The maximum Gasteiger partial charge on any atom is 0.499 e. The van der Waals surface area contributed by atoms with E-state index in [0.29, 0.717) is 0 Å². The third-order valence-electron chi connectivity index (χ3n) is 1.37. The van der Waals surface area contributed by atoms with Gasteiger partial charge in [-0.05, 0) is 7.05 Å². The Morgan fingerprint density at radius 1 is 1.00 bits per heavy atom. The highest BCUT2D eigenvalue weighted by molar-refractivity contribution is 6.60. The lowest BCUT2D eigenvalue weighted by atomic mass is 11.0. The topological polar surface area (TPSA) is 53.7 Å². The van der Waals surface area contributed by atoms with E-state index in [9.17, 15) is 0 Å². The van der Waals surface area contributed by atoms with E-state index >= 15 is 0 Å². The molecule has 5 heteroatoms. The highest BCUT2D eigenvalue weighted by Crippen LogP contribution is 2.10. The second kappa shape index (κ2) is 8.16. The summed E-state index contributed by atoms with van der Waals surface area (Å²) in [5.74, 6) is 0. The van der Waals surface area contributed by atoms with Gasteiger partial charge in [-0.25, -0.2) is 0 Å². The molecule has 0 saturated heterocycles. The molecule has 0 aliphatic heterocycles. The summed E-state index contributed by atoms with van der Waals surface area (Å²) < 4.78 is 15.2. The van der Waals surface area contributed by atoms with Gasteiger partial charge in [-0.1, -0.05) is 6.92 Å². The molecule has 0 rings (SSSR count). The Labute approximate surface area is 70.0 Å². The minimum Gasteiger partial charge on any atom is -0.377 e. The number of hydrogen-bond donors (Lipinski definition) is 1. The van der Waals surface area contributed by atoms with E-state index in [1.165, 1.54) is 7.05 Å². The van der Waals surface area contributed by atoms with Crippen molar-refractivity contribution < 1.29 is 13.3 Å². The third kappa shape index (κ3) is 4.49. The molecule has 0 bridgehead atoms. The Kier molecular flexibility index (Phi) is 10.1. The van der Waals surface area contributed by atoms with Crippen molar-refractivity contribution in [2.24, 2.45) is 5.73 Å². The summed E-state index contributed by atoms with van der Waals surface area (Å²) in [6.45, 7) is 1.99. The van der Waals surface area contributed by atoms with Crippen LogP contribution in [0.2, 0.25) is 6.04 Å². The van der Waals surface area contributed by atoms with Crippen LogP contribution >= 0.6 is 0 Å². The van der Waals surface area contributed by atoms with E-state index in [4.69, 9.17) is 13.3 Å². The second-order valence-corrected chi connectivity index (χ2v) is 4.95. The van der Waals surface area contributed by atoms with Crippen molar-refractivity contribution in [3.8, 4) is 0 Å². The zero-order valence-electron chi connectivity index (χ0n) is 8.01. The molecule has 0 aromatic carbocycles. The van der Waals surface area contributed by atoms with Crippen LogP contribution in [0.15, 0.2) is 0 Å². The van der Waals surface area contributed by atoms with Gasteiger partial charge in [-0.2, -0.15) is 0 Å². The molecule has 0 aromatic heterocycles. The standard InChI is InChI=1S/C5H14O3Si.CH5N/c1-5-9(6-2,7-3)8-4;1-2/h5H2,1-4H3;2H2,1H3. The number of nitrogens with two attached hydrogens (primary N) is 1. The molecule has 11 heavy (non-hydrogen) atoms. The van der Waals surface area contributed by atoms with Crippen LogP contribution < -0.4 is 5.73 Å². The van der Waals surface area contributed by atoms with Gasteiger partial charge >= 0.3 is 8.80 Å². The highest BCUT2D eigenvalue weighted by Gasteiger charge is 2.34. The van der Waals surface area contributed by atoms with Crippen molar-refractivity contribution in [1.82, 2.24) is 0 Å². The highest BCUT2D eigenvalue weighted by atomic mass is 28.4. The van der Waals surface area contributed by atoms with E-state index in [-0.39, 0.29) is 0 Å². The van der Waals surface area contributed by atoms with Gasteiger partial charge in [0, 0.05) is 27.4 Å². The minimum absolute atomic E-state index is 0.816. The van der Waals surface area contributed by atoms with Crippen LogP contribution in [0.4, 0.5) is 0 Å². The summed E-state index contributed by atoms with van der Waals surface area (Å²) in [5, 5.41) is 0. The third-order valence-corrected chi connectivity index (χ3v) is 4.10. The number of hydrogen-bond acceptors (Lipinski definition) is 4. The van der Waals surface area contributed by atoms with Gasteiger partial charge in [0.1, 0.15) is 0 Å². The molecule has 0 spiro atoms. The van der Waals surface area contributed by atoms with Crippen molar-refractivity contribution in [3.63, 3.8) is 0 Å². The Morgan fingerprint density at radius 2 is 1.27 bits per heavy atom. The summed E-state index contributed by atoms with van der Waals surface area (Å²) in [5.41, 5.74) is 4.50. The van der Waals surface area contributed by atoms with Crippen LogP contribution in [-0.4, -0.2) is 37.2 Å². The summed E-state index contributed by atoms with van der Waals surface area (Å²) in [7, 11) is 4.15. The first-order valence-corrected chi connectivity index (χ1v) is 5.41. The van der Waals surface area contributed by atoms with Gasteiger partial charge < -0.3 is 19.0 Å². The molecule has 0 aliphatic carbocycles. The molecule has 2 N–H and O–H groups in total. The predicted octanol–water partition coefficient (Wildman–Crippen LogP) is 0.459. The molecular formula is C6H19NO3Si. The average Bonchev–Trinajstić information content (AvgIpc) is 2.13. The molecule has 0 aliphatic rings. The van der Waals surface area contributed by atoms with E-state index in [1.54, 1.807) is 21.3 Å². The van der Waals surface area contributed by atoms with Crippen molar-refractivity contribution in [2.75, 3.05) is 28.4 Å². The molecule has 70 valence electrons. The molecule has 0 heterocycles. The zero-order valence-corrected chi connectivity index (χ0v) is 9.01. The summed E-state index contributed by atoms with van der Waals surface area (Å²) in [4.78, 5) is 0. The summed E-state index contributed by atoms with van der Waals surface area (Å²) in [6.07, 6.45) is 0. The molecule has 0 fully saturated rings. The molecule has 0 unspecified atom stereocenters. The Bertz CT molecular complexity index is 60.7. The fourth-order valence-corrected chi connectivity index (χ4v) is 2.05. The van der Waals surface area contributed by atoms with Crippen LogP contribution in [0.5, 0.6) is 0 Å². The van der Waals surface area contributed by atoms with Crippen LogP contribution in [0, 0.1) is 0 Å². The van der Waals surface area contributed by atoms with Gasteiger partial charge in [-0.3, -0.25) is 0 Å². The van der Waals surface area contributed by atoms with Crippen LogP contribution in [0.3, 0.4) is 0 Å². The Morgan fingerprint density at radius 3 is 1.27 bits per heavy atom. The molecule has 0 saturated carbocycles. The minimum atomic E-state index is -2.19. The molecule has 0 aromatic rings. The lowest BCUT2D eigenvalue weighted by Crippen LogP contribution is -2.41. The van der Waals surface area contributed by atoms with Crippen molar-refractivity contribution in [3.05, 3.63) is 0 Å². The maximum absolute atomic E-state index is 5.08. The maximum atomic E-state index is 5.08. The van der Waals surface area contributed by atoms with Crippen molar-refractivity contribution in [2.45, 2.75) is 13.0 Å². The first-order chi connectivity index (χ1) is 5.24. The van der Waals surface area contributed by atoms with Gasteiger partial charge in [0.2, 0.25) is 0 Å². The average molecular weight is 181 g/mol. The smallest absolute Gasteiger partial charge is 0.377 e. The van der Waals surface area contributed by atoms with Crippen LogP contribution in [-0.2, 0) is 13.3 Å². The molecule has 0 radical (unpaired) electrons. The predicted molar refractivity (Wildman–Crippen MR) is 47.4 cm³/mol. The summed E-state index contributed by atoms with van der Waals surface area (Å²) >= 11 is 0. The van der Waals surface area contributed by atoms with Gasteiger partial charge in [0.25, 0.3) is 0 Å². The van der Waals surface area contributed by atoms with Crippen molar-refractivity contribution >= 4 is 8.80 Å². The van der Waals surface area contributed by atoms with Crippen molar-refractivity contribution in [1.29, 1.82) is 0 Å². The van der Waals surface area contributed by atoms with E-state index < -0.39 is 8.80 Å². The largest absolute Gasteiger partial charge is 0.499 e. The van der Waals surface area contributed by atoms with E-state index in [1.807, 2.05) is 6.92 Å². The molecular weight excluding hydrogens is 162 g/mol. The number of rotatable bonds is 4. The SMILES string of the molecule is CC[Si](OC)(OC)OC.CN. The van der Waals surface area contributed by atoms with E-state index in [2.05, 4.69) is 5.73 Å². The lowest BCUT2D eigenvalue weighted by molar-refractivity contribution is 0.125. The van der Waals surface area contributed by atoms with Gasteiger partial charge in [0.15, 0.2) is 0 Å². The van der Waals surface area contributed by atoms with E-state index in [0.717, 1.165) is 6.04 Å². The molecule has 0 amide bonds. The fraction of sp³-hybridized carbons (Fsp3) is 1.00. The van der Waals surface area contributed by atoms with Gasteiger partial charge in [-0.15, -0.1) is 0 Å². The van der Waals surface area contributed by atoms with Crippen LogP contribution in [0.1, 0.15) is 6.92 Å². The Hall–Kier alpha value is 0.0569. The van der Waals surface area contributed by atoms with Crippen LogP contribution in [0.25, 0.3) is 0 Å². The molecule has 0 atom stereocenters. The quantitative estimate of drug-likeness (QED) is 0.640. The zero-order chi connectivity index (χ0) is 9.33.